The van der Waals surface area contributed by atoms with Gasteiger partial charge in [-0.05, 0) is 30.9 Å². The molecular weight excluding hydrogens is 525 g/mol. The number of benzene rings is 2. The zero-order valence-electron chi connectivity index (χ0n) is 18.3. The normalized spacial score (nSPS) is 12.6. The standard InChI is InChI=1S/C23H33N3O3S.HI/c1-20(22-13-7-4-8-14-22)29-17-9-15-25-23(24-2)26-16-10-18-30(27,28)19-21-11-5-3-6-12-21;/h3-8,11-14,20H,9-10,15-19H2,1-2H3,(H2,24,25,26);1H. The van der Waals surface area contributed by atoms with Crippen LogP contribution in [0.15, 0.2) is 65.7 Å². The summed E-state index contributed by atoms with van der Waals surface area (Å²) in [5.41, 5.74) is 2.00. The number of hydrogen-bond acceptors (Lipinski definition) is 4. The minimum absolute atomic E-state index is 0. The summed E-state index contributed by atoms with van der Waals surface area (Å²) in [6.45, 7) is 3.98. The van der Waals surface area contributed by atoms with Gasteiger partial charge in [0, 0.05) is 26.7 Å². The van der Waals surface area contributed by atoms with Gasteiger partial charge in [0.1, 0.15) is 0 Å². The van der Waals surface area contributed by atoms with E-state index in [1.165, 1.54) is 5.56 Å². The van der Waals surface area contributed by atoms with E-state index in [0.29, 0.717) is 25.5 Å². The summed E-state index contributed by atoms with van der Waals surface area (Å²) in [5.74, 6) is 0.908. The Balaban J connectivity index is 0.00000480. The molecule has 0 heterocycles. The summed E-state index contributed by atoms with van der Waals surface area (Å²) in [5, 5.41) is 6.39. The molecule has 0 spiro atoms. The quantitative estimate of drug-likeness (QED) is 0.178. The maximum atomic E-state index is 12.2. The van der Waals surface area contributed by atoms with Gasteiger partial charge in [-0.25, -0.2) is 8.42 Å². The monoisotopic (exact) mass is 559 g/mol. The Morgan fingerprint density at radius 1 is 0.968 bits per heavy atom. The highest BCUT2D eigenvalue weighted by atomic mass is 127. The molecule has 0 aromatic heterocycles. The first-order chi connectivity index (χ1) is 14.5. The summed E-state index contributed by atoms with van der Waals surface area (Å²) in [6.07, 6.45) is 1.46. The summed E-state index contributed by atoms with van der Waals surface area (Å²) in [4.78, 5) is 4.17. The Hall–Kier alpha value is -1.65. The van der Waals surface area contributed by atoms with Crippen LogP contribution in [0.3, 0.4) is 0 Å². The van der Waals surface area contributed by atoms with Gasteiger partial charge in [0.15, 0.2) is 15.8 Å². The van der Waals surface area contributed by atoms with Crippen LogP contribution in [-0.2, 0) is 20.3 Å². The van der Waals surface area contributed by atoms with E-state index in [2.05, 4.69) is 34.7 Å². The Labute approximate surface area is 203 Å². The van der Waals surface area contributed by atoms with Crippen molar-refractivity contribution in [1.29, 1.82) is 0 Å². The molecule has 1 atom stereocenters. The number of nitrogens with zero attached hydrogens (tertiary/aromatic N) is 1. The number of halogens is 1. The maximum Gasteiger partial charge on any atom is 0.190 e. The molecule has 0 amide bonds. The van der Waals surface area contributed by atoms with Crippen LogP contribution in [-0.4, -0.2) is 46.9 Å². The molecule has 2 rings (SSSR count). The summed E-state index contributed by atoms with van der Waals surface area (Å²) in [6, 6.07) is 19.4. The minimum atomic E-state index is -3.11. The number of nitrogens with one attached hydrogen (secondary N) is 2. The van der Waals surface area contributed by atoms with Crippen LogP contribution in [0.1, 0.15) is 37.0 Å². The molecule has 8 heteroatoms. The molecule has 0 fully saturated rings. The van der Waals surface area contributed by atoms with Gasteiger partial charge in [-0.3, -0.25) is 4.99 Å². The fraction of sp³-hybridized carbons (Fsp3) is 0.435. The second kappa shape index (κ2) is 15.2. The van der Waals surface area contributed by atoms with Crippen molar-refractivity contribution in [2.24, 2.45) is 4.99 Å². The van der Waals surface area contributed by atoms with E-state index in [0.717, 1.165) is 18.5 Å². The van der Waals surface area contributed by atoms with Crippen LogP contribution in [0.25, 0.3) is 0 Å². The van der Waals surface area contributed by atoms with E-state index in [4.69, 9.17) is 4.74 Å². The SMILES string of the molecule is CN=C(NCCCOC(C)c1ccccc1)NCCCS(=O)(=O)Cc1ccccc1.I. The lowest BCUT2D eigenvalue weighted by atomic mass is 10.1. The molecule has 2 aromatic carbocycles. The van der Waals surface area contributed by atoms with Crippen LogP contribution in [0, 0.1) is 0 Å². The zero-order chi connectivity index (χ0) is 21.7. The van der Waals surface area contributed by atoms with Gasteiger partial charge in [-0.15, -0.1) is 24.0 Å². The van der Waals surface area contributed by atoms with Crippen molar-refractivity contribution < 1.29 is 13.2 Å². The summed E-state index contributed by atoms with van der Waals surface area (Å²) >= 11 is 0. The van der Waals surface area contributed by atoms with Crippen LogP contribution < -0.4 is 10.6 Å². The summed E-state index contributed by atoms with van der Waals surface area (Å²) < 4.78 is 30.3. The van der Waals surface area contributed by atoms with Gasteiger partial charge in [0.05, 0.1) is 17.6 Å². The molecule has 0 radical (unpaired) electrons. The largest absolute Gasteiger partial charge is 0.374 e. The Bertz CT molecular complexity index is 862. The second-order valence-corrected chi connectivity index (χ2v) is 9.32. The molecule has 0 bridgehead atoms. The number of rotatable bonds is 12. The molecule has 0 saturated carbocycles. The number of aliphatic imine (C=N–C) groups is 1. The van der Waals surface area contributed by atoms with Crippen molar-refractivity contribution in [2.75, 3.05) is 32.5 Å². The van der Waals surface area contributed by atoms with Crippen molar-refractivity contribution in [3.8, 4) is 0 Å². The topological polar surface area (TPSA) is 79.8 Å². The third-order valence-corrected chi connectivity index (χ3v) is 6.31. The molecule has 172 valence electrons. The maximum absolute atomic E-state index is 12.2. The molecule has 0 aliphatic rings. The number of ether oxygens (including phenoxy) is 1. The molecule has 1 unspecified atom stereocenters. The molecule has 6 nitrogen and oxygen atoms in total. The van der Waals surface area contributed by atoms with E-state index in [1.54, 1.807) is 7.05 Å². The van der Waals surface area contributed by atoms with Crippen molar-refractivity contribution in [3.05, 3.63) is 71.8 Å². The van der Waals surface area contributed by atoms with Gasteiger partial charge in [-0.2, -0.15) is 0 Å². The molecule has 0 aliphatic carbocycles. The lowest BCUT2D eigenvalue weighted by molar-refractivity contribution is 0.0646. The molecule has 0 saturated heterocycles. The van der Waals surface area contributed by atoms with E-state index in [9.17, 15) is 8.42 Å². The highest BCUT2D eigenvalue weighted by Gasteiger charge is 2.11. The van der Waals surface area contributed by atoms with Crippen molar-refractivity contribution in [2.45, 2.75) is 31.6 Å². The molecule has 2 aromatic rings. The Kier molecular flexibility index (Phi) is 13.4. The Morgan fingerprint density at radius 2 is 1.55 bits per heavy atom. The van der Waals surface area contributed by atoms with E-state index < -0.39 is 9.84 Å². The highest BCUT2D eigenvalue weighted by Crippen LogP contribution is 2.15. The molecule has 2 N–H and O–H groups in total. The van der Waals surface area contributed by atoms with Crippen LogP contribution >= 0.6 is 24.0 Å². The van der Waals surface area contributed by atoms with Crippen molar-refractivity contribution >= 4 is 39.8 Å². The lowest BCUT2D eigenvalue weighted by Crippen LogP contribution is -2.38. The third-order valence-electron chi connectivity index (χ3n) is 4.63. The number of guanidine groups is 1. The fourth-order valence-corrected chi connectivity index (χ4v) is 4.41. The third kappa shape index (κ3) is 11.5. The van der Waals surface area contributed by atoms with Gasteiger partial charge in [0.25, 0.3) is 0 Å². The van der Waals surface area contributed by atoms with Gasteiger partial charge >= 0.3 is 0 Å². The van der Waals surface area contributed by atoms with Gasteiger partial charge in [-0.1, -0.05) is 60.7 Å². The Morgan fingerprint density at radius 3 is 2.16 bits per heavy atom. The van der Waals surface area contributed by atoms with Crippen LogP contribution in [0.4, 0.5) is 0 Å². The van der Waals surface area contributed by atoms with Crippen molar-refractivity contribution in [3.63, 3.8) is 0 Å². The van der Waals surface area contributed by atoms with E-state index >= 15 is 0 Å². The lowest BCUT2D eigenvalue weighted by Gasteiger charge is -2.15. The fourth-order valence-electron chi connectivity index (χ4n) is 2.98. The predicted octanol–water partition coefficient (Wildman–Crippen LogP) is 3.94. The molecule has 31 heavy (non-hydrogen) atoms. The first kappa shape index (κ1) is 27.4. The van der Waals surface area contributed by atoms with Crippen molar-refractivity contribution in [1.82, 2.24) is 10.6 Å². The van der Waals surface area contributed by atoms with Gasteiger partial charge in [0.2, 0.25) is 0 Å². The average Bonchev–Trinajstić information content (AvgIpc) is 2.75. The molecule has 0 aliphatic heterocycles. The molecular formula is C23H34IN3O3S. The van der Waals surface area contributed by atoms with Crippen LogP contribution in [0.5, 0.6) is 0 Å². The minimum Gasteiger partial charge on any atom is -0.374 e. The second-order valence-electron chi connectivity index (χ2n) is 7.13. The zero-order valence-corrected chi connectivity index (χ0v) is 21.4. The summed E-state index contributed by atoms with van der Waals surface area (Å²) in [7, 11) is -1.41. The van der Waals surface area contributed by atoms with E-state index in [1.807, 2.05) is 48.5 Å². The number of sulfone groups is 1. The van der Waals surface area contributed by atoms with Crippen LogP contribution in [0.2, 0.25) is 0 Å². The highest BCUT2D eigenvalue weighted by molar-refractivity contribution is 14.0. The predicted molar refractivity (Wildman–Crippen MR) is 139 cm³/mol. The van der Waals surface area contributed by atoms with Gasteiger partial charge < -0.3 is 15.4 Å². The average molecular weight is 560 g/mol. The smallest absolute Gasteiger partial charge is 0.190 e. The number of hydrogen-bond donors (Lipinski definition) is 2. The first-order valence-corrected chi connectivity index (χ1v) is 12.2. The first-order valence-electron chi connectivity index (χ1n) is 10.4. The van der Waals surface area contributed by atoms with E-state index in [-0.39, 0.29) is 41.6 Å².